The van der Waals surface area contributed by atoms with Crippen molar-refractivity contribution in [3.63, 3.8) is 0 Å². The standard InChI is InChI=1S/C16H13BrO3/c1-11-5-7-13(17)10-15(11)20-14-4-2-3-12(9-14)6-8-16(18)19/h2-10H,1H3,(H,18,19)/b8-6+. The van der Waals surface area contributed by atoms with Crippen LogP contribution in [0, 0.1) is 6.92 Å². The molecule has 0 atom stereocenters. The monoisotopic (exact) mass is 332 g/mol. The molecule has 0 saturated carbocycles. The zero-order valence-corrected chi connectivity index (χ0v) is 12.4. The molecule has 0 aliphatic heterocycles. The first-order valence-corrected chi connectivity index (χ1v) is 6.79. The topological polar surface area (TPSA) is 46.5 Å². The largest absolute Gasteiger partial charge is 0.478 e. The highest BCUT2D eigenvalue weighted by atomic mass is 79.9. The predicted octanol–water partition coefficient (Wildman–Crippen LogP) is 4.65. The number of carboxylic acids is 1. The number of ether oxygens (including phenoxy) is 1. The molecule has 0 aromatic heterocycles. The van der Waals surface area contributed by atoms with Gasteiger partial charge in [0.1, 0.15) is 11.5 Å². The number of hydrogen-bond acceptors (Lipinski definition) is 2. The lowest BCUT2D eigenvalue weighted by Gasteiger charge is -2.09. The van der Waals surface area contributed by atoms with Gasteiger partial charge in [-0.15, -0.1) is 0 Å². The second kappa shape index (κ2) is 6.39. The van der Waals surface area contributed by atoms with Crippen LogP contribution in [0.2, 0.25) is 0 Å². The minimum atomic E-state index is -0.973. The van der Waals surface area contributed by atoms with E-state index < -0.39 is 5.97 Å². The molecule has 20 heavy (non-hydrogen) atoms. The second-order valence-electron chi connectivity index (χ2n) is 4.26. The Balaban J connectivity index is 2.23. The van der Waals surface area contributed by atoms with Crippen LogP contribution in [0.25, 0.3) is 6.08 Å². The summed E-state index contributed by atoms with van der Waals surface area (Å²) in [5.74, 6) is 0.455. The van der Waals surface area contributed by atoms with Gasteiger partial charge in [-0.05, 0) is 48.4 Å². The van der Waals surface area contributed by atoms with Crippen molar-refractivity contribution in [2.75, 3.05) is 0 Å². The van der Waals surface area contributed by atoms with Crippen molar-refractivity contribution >= 4 is 28.0 Å². The molecule has 0 aliphatic rings. The fourth-order valence-corrected chi connectivity index (χ4v) is 2.00. The van der Waals surface area contributed by atoms with E-state index in [0.717, 1.165) is 27.4 Å². The maximum Gasteiger partial charge on any atom is 0.328 e. The van der Waals surface area contributed by atoms with Crippen molar-refractivity contribution in [1.82, 2.24) is 0 Å². The molecule has 0 spiro atoms. The molecule has 2 aromatic rings. The summed E-state index contributed by atoms with van der Waals surface area (Å²) in [5.41, 5.74) is 1.80. The molecule has 102 valence electrons. The molecular formula is C16H13BrO3. The Bertz CT molecular complexity index is 663. The number of aryl methyl sites for hydroxylation is 1. The van der Waals surface area contributed by atoms with Crippen molar-refractivity contribution in [2.24, 2.45) is 0 Å². The third-order valence-corrected chi connectivity index (χ3v) is 3.15. The fourth-order valence-electron chi connectivity index (χ4n) is 1.66. The molecule has 0 saturated heterocycles. The number of carbonyl (C=O) groups is 1. The molecule has 0 bridgehead atoms. The van der Waals surface area contributed by atoms with Gasteiger partial charge in [-0.1, -0.05) is 34.1 Å². The van der Waals surface area contributed by atoms with Gasteiger partial charge in [-0.3, -0.25) is 0 Å². The van der Waals surface area contributed by atoms with E-state index in [1.54, 1.807) is 6.07 Å². The zero-order chi connectivity index (χ0) is 14.5. The Kier molecular flexibility index (Phi) is 4.58. The van der Waals surface area contributed by atoms with Gasteiger partial charge in [0.15, 0.2) is 0 Å². The van der Waals surface area contributed by atoms with Gasteiger partial charge >= 0.3 is 5.97 Å². The summed E-state index contributed by atoms with van der Waals surface area (Å²) in [7, 11) is 0. The molecule has 0 unspecified atom stereocenters. The van der Waals surface area contributed by atoms with E-state index in [4.69, 9.17) is 9.84 Å². The van der Waals surface area contributed by atoms with E-state index in [1.165, 1.54) is 6.08 Å². The number of rotatable bonds is 4. The SMILES string of the molecule is Cc1ccc(Br)cc1Oc1cccc(/C=C/C(=O)O)c1. The maximum atomic E-state index is 10.5. The molecule has 1 N–H and O–H groups in total. The summed E-state index contributed by atoms with van der Waals surface area (Å²) in [5, 5.41) is 8.62. The highest BCUT2D eigenvalue weighted by Gasteiger charge is 2.03. The van der Waals surface area contributed by atoms with Crippen molar-refractivity contribution in [2.45, 2.75) is 6.92 Å². The summed E-state index contributed by atoms with van der Waals surface area (Å²) in [6.07, 6.45) is 2.63. The highest BCUT2D eigenvalue weighted by molar-refractivity contribution is 9.10. The second-order valence-corrected chi connectivity index (χ2v) is 5.17. The van der Waals surface area contributed by atoms with Crippen LogP contribution in [0.3, 0.4) is 0 Å². The summed E-state index contributed by atoms with van der Waals surface area (Å²) < 4.78 is 6.77. The zero-order valence-electron chi connectivity index (χ0n) is 10.8. The first kappa shape index (κ1) is 14.3. The van der Waals surface area contributed by atoms with Crippen LogP contribution < -0.4 is 4.74 Å². The molecule has 0 amide bonds. The summed E-state index contributed by atoms with van der Waals surface area (Å²) in [6.45, 7) is 1.97. The van der Waals surface area contributed by atoms with Crippen LogP contribution in [0.4, 0.5) is 0 Å². The van der Waals surface area contributed by atoms with Crippen LogP contribution in [0.1, 0.15) is 11.1 Å². The molecule has 0 radical (unpaired) electrons. The molecule has 0 aliphatic carbocycles. The van der Waals surface area contributed by atoms with Crippen LogP contribution in [0.5, 0.6) is 11.5 Å². The number of carboxylic acid groups (broad SMARTS) is 1. The lowest BCUT2D eigenvalue weighted by atomic mass is 10.2. The Morgan fingerprint density at radius 3 is 2.80 bits per heavy atom. The Labute approximate surface area is 125 Å². The fraction of sp³-hybridized carbons (Fsp3) is 0.0625. The van der Waals surface area contributed by atoms with Gasteiger partial charge in [-0.2, -0.15) is 0 Å². The van der Waals surface area contributed by atoms with E-state index in [2.05, 4.69) is 15.9 Å². The Morgan fingerprint density at radius 2 is 2.05 bits per heavy atom. The van der Waals surface area contributed by atoms with Gasteiger partial charge in [0, 0.05) is 10.5 Å². The molecule has 4 heteroatoms. The van der Waals surface area contributed by atoms with E-state index >= 15 is 0 Å². The minimum Gasteiger partial charge on any atom is -0.478 e. The summed E-state index contributed by atoms with van der Waals surface area (Å²) >= 11 is 3.41. The summed E-state index contributed by atoms with van der Waals surface area (Å²) in [6, 6.07) is 13.1. The van der Waals surface area contributed by atoms with Crippen molar-refractivity contribution in [1.29, 1.82) is 0 Å². The quantitative estimate of drug-likeness (QED) is 0.829. The Morgan fingerprint density at radius 1 is 1.25 bits per heavy atom. The third kappa shape index (κ3) is 3.96. The normalized spacial score (nSPS) is 10.7. The predicted molar refractivity (Wildman–Crippen MR) is 82.1 cm³/mol. The maximum absolute atomic E-state index is 10.5. The molecule has 2 rings (SSSR count). The van der Waals surface area contributed by atoms with Crippen LogP contribution in [-0.2, 0) is 4.79 Å². The van der Waals surface area contributed by atoms with Gasteiger partial charge in [0.25, 0.3) is 0 Å². The van der Waals surface area contributed by atoms with Crippen LogP contribution >= 0.6 is 15.9 Å². The van der Waals surface area contributed by atoms with Crippen molar-refractivity contribution in [3.8, 4) is 11.5 Å². The average Bonchev–Trinajstić information content (AvgIpc) is 2.41. The van der Waals surface area contributed by atoms with Crippen LogP contribution in [-0.4, -0.2) is 11.1 Å². The van der Waals surface area contributed by atoms with Crippen LogP contribution in [0.15, 0.2) is 53.0 Å². The first-order chi connectivity index (χ1) is 9.54. The first-order valence-electron chi connectivity index (χ1n) is 6.00. The van der Waals surface area contributed by atoms with Crippen molar-refractivity contribution in [3.05, 3.63) is 64.1 Å². The van der Waals surface area contributed by atoms with E-state index in [0.29, 0.717) is 5.75 Å². The van der Waals surface area contributed by atoms with Gasteiger partial charge < -0.3 is 9.84 Å². The van der Waals surface area contributed by atoms with E-state index in [1.807, 2.05) is 43.3 Å². The number of aliphatic carboxylic acids is 1. The Hall–Kier alpha value is -2.07. The number of benzene rings is 2. The highest BCUT2D eigenvalue weighted by Crippen LogP contribution is 2.28. The smallest absolute Gasteiger partial charge is 0.328 e. The third-order valence-electron chi connectivity index (χ3n) is 2.65. The lowest BCUT2D eigenvalue weighted by molar-refractivity contribution is -0.131. The summed E-state index contributed by atoms with van der Waals surface area (Å²) in [4.78, 5) is 10.5. The number of halogens is 1. The molecule has 0 fully saturated rings. The minimum absolute atomic E-state index is 0.665. The van der Waals surface area contributed by atoms with Crippen molar-refractivity contribution < 1.29 is 14.6 Å². The molecular weight excluding hydrogens is 320 g/mol. The molecule has 3 nitrogen and oxygen atoms in total. The molecule has 0 heterocycles. The number of hydrogen-bond donors (Lipinski definition) is 1. The van der Waals surface area contributed by atoms with Gasteiger partial charge in [0.05, 0.1) is 0 Å². The van der Waals surface area contributed by atoms with E-state index in [9.17, 15) is 4.79 Å². The lowest BCUT2D eigenvalue weighted by Crippen LogP contribution is -1.89. The molecule has 2 aromatic carbocycles. The van der Waals surface area contributed by atoms with E-state index in [-0.39, 0.29) is 0 Å². The van der Waals surface area contributed by atoms with Gasteiger partial charge in [-0.25, -0.2) is 4.79 Å². The van der Waals surface area contributed by atoms with Gasteiger partial charge in [0.2, 0.25) is 0 Å². The average molecular weight is 333 g/mol.